The molecule has 2 rings (SSSR count). The Morgan fingerprint density at radius 1 is 1.53 bits per heavy atom. The molecule has 6 heteroatoms. The van der Waals surface area contributed by atoms with E-state index in [4.69, 9.17) is 0 Å². The van der Waals surface area contributed by atoms with Gasteiger partial charge in [0.1, 0.15) is 0 Å². The Morgan fingerprint density at radius 3 is 2.94 bits per heavy atom. The van der Waals surface area contributed by atoms with Gasteiger partial charge in [-0.05, 0) is 7.05 Å². The van der Waals surface area contributed by atoms with Crippen LogP contribution >= 0.6 is 0 Å². The summed E-state index contributed by atoms with van der Waals surface area (Å²) in [7, 11) is 1.95. The first-order valence-electron chi connectivity index (χ1n) is 5.90. The van der Waals surface area contributed by atoms with E-state index in [0.29, 0.717) is 6.54 Å². The van der Waals surface area contributed by atoms with E-state index in [2.05, 4.69) is 15.3 Å². The summed E-state index contributed by atoms with van der Waals surface area (Å²) in [5, 5.41) is 3.24. The van der Waals surface area contributed by atoms with Crippen LogP contribution in [0.4, 0.5) is 0 Å². The van der Waals surface area contributed by atoms with Crippen molar-refractivity contribution in [3.8, 4) is 0 Å². The molecule has 1 aromatic rings. The first-order chi connectivity index (χ1) is 8.25. The van der Waals surface area contributed by atoms with Crippen LogP contribution < -0.4 is 5.32 Å². The van der Waals surface area contributed by atoms with Crippen molar-refractivity contribution in [1.29, 1.82) is 0 Å². The molecule has 6 nitrogen and oxygen atoms in total. The maximum absolute atomic E-state index is 12.0. The molecule has 0 unspecified atom stereocenters. The van der Waals surface area contributed by atoms with E-state index < -0.39 is 0 Å². The topological polar surface area (TPSA) is 64.3 Å². The van der Waals surface area contributed by atoms with Crippen molar-refractivity contribution in [1.82, 2.24) is 25.1 Å². The van der Waals surface area contributed by atoms with Crippen LogP contribution in [0.15, 0.2) is 12.5 Å². The quantitative estimate of drug-likeness (QED) is 0.725. The minimum absolute atomic E-state index is 0.202. The Balaban J connectivity index is 1.77. The van der Waals surface area contributed by atoms with Crippen molar-refractivity contribution in [2.45, 2.75) is 6.54 Å². The highest BCUT2D eigenvalue weighted by atomic mass is 16.2. The number of hydrogen-bond donors (Lipinski definition) is 2. The predicted octanol–water partition coefficient (Wildman–Crippen LogP) is -0.727. The fourth-order valence-electron chi connectivity index (χ4n) is 1.96. The number of likely N-dealkylation sites (N-methyl/N-ethyl adjacent to an activating group) is 1. The number of carbonyl (C=O) groups excluding carboxylic acids is 1. The molecular weight excluding hydrogens is 218 g/mol. The molecule has 17 heavy (non-hydrogen) atoms. The van der Waals surface area contributed by atoms with Gasteiger partial charge in [-0.25, -0.2) is 4.98 Å². The number of imidazole rings is 1. The number of hydrogen-bond acceptors (Lipinski definition) is 4. The van der Waals surface area contributed by atoms with E-state index in [0.717, 1.165) is 38.4 Å². The lowest BCUT2D eigenvalue weighted by atomic mass is 10.3. The van der Waals surface area contributed by atoms with Crippen LogP contribution in [0.2, 0.25) is 0 Å². The zero-order valence-corrected chi connectivity index (χ0v) is 10.1. The first kappa shape index (κ1) is 12.1. The molecule has 1 aliphatic rings. The lowest BCUT2D eigenvalue weighted by Crippen LogP contribution is -2.49. The van der Waals surface area contributed by atoms with Crippen molar-refractivity contribution in [2.24, 2.45) is 0 Å². The summed E-state index contributed by atoms with van der Waals surface area (Å²) in [6.07, 6.45) is 3.44. The number of piperazine rings is 1. The molecule has 1 aromatic heterocycles. The zero-order chi connectivity index (χ0) is 12.1. The third-order valence-electron chi connectivity index (χ3n) is 2.87. The van der Waals surface area contributed by atoms with Crippen LogP contribution in [-0.4, -0.2) is 65.4 Å². The van der Waals surface area contributed by atoms with Crippen LogP contribution in [0.25, 0.3) is 0 Å². The third-order valence-corrected chi connectivity index (χ3v) is 2.87. The van der Waals surface area contributed by atoms with E-state index >= 15 is 0 Å². The fourth-order valence-corrected chi connectivity index (χ4v) is 1.96. The Hall–Kier alpha value is -1.40. The molecule has 0 radical (unpaired) electrons. The Morgan fingerprint density at radius 2 is 2.29 bits per heavy atom. The largest absolute Gasteiger partial charge is 0.347 e. The summed E-state index contributed by atoms with van der Waals surface area (Å²) in [4.78, 5) is 22.9. The minimum atomic E-state index is 0.202. The molecule has 1 amide bonds. The lowest BCUT2D eigenvalue weighted by Gasteiger charge is -2.29. The van der Waals surface area contributed by atoms with Gasteiger partial charge in [-0.3, -0.25) is 9.69 Å². The molecule has 94 valence electrons. The summed E-state index contributed by atoms with van der Waals surface area (Å²) in [5.74, 6) is 0.202. The number of nitrogens with one attached hydrogen (secondary N) is 2. The van der Waals surface area contributed by atoms with Gasteiger partial charge >= 0.3 is 0 Å². The molecular formula is C11H19N5O. The minimum Gasteiger partial charge on any atom is -0.347 e. The van der Waals surface area contributed by atoms with Crippen molar-refractivity contribution < 1.29 is 4.79 Å². The van der Waals surface area contributed by atoms with E-state index in [-0.39, 0.29) is 5.91 Å². The van der Waals surface area contributed by atoms with Crippen molar-refractivity contribution >= 4 is 5.91 Å². The first-order valence-corrected chi connectivity index (χ1v) is 5.90. The number of amides is 1. The second-order valence-electron chi connectivity index (χ2n) is 4.38. The van der Waals surface area contributed by atoms with Crippen LogP contribution in [0.3, 0.4) is 0 Å². The molecule has 0 aromatic carbocycles. The van der Waals surface area contributed by atoms with E-state index in [1.165, 1.54) is 0 Å². The Bertz CT molecular complexity index is 345. The molecule has 0 spiro atoms. The fraction of sp³-hybridized carbons (Fsp3) is 0.636. The summed E-state index contributed by atoms with van der Waals surface area (Å²) in [6.45, 7) is 4.61. The highest BCUT2D eigenvalue weighted by molar-refractivity contribution is 5.78. The van der Waals surface area contributed by atoms with Gasteiger partial charge in [-0.1, -0.05) is 0 Å². The van der Waals surface area contributed by atoms with Gasteiger partial charge in [0.25, 0.3) is 0 Å². The predicted molar refractivity (Wildman–Crippen MR) is 64.4 cm³/mol. The summed E-state index contributed by atoms with van der Waals surface area (Å²) < 4.78 is 0. The Labute approximate surface area is 101 Å². The van der Waals surface area contributed by atoms with Crippen molar-refractivity contribution in [2.75, 3.05) is 39.8 Å². The summed E-state index contributed by atoms with van der Waals surface area (Å²) >= 11 is 0. The molecule has 1 aliphatic heterocycles. The zero-order valence-electron chi connectivity index (χ0n) is 10.1. The van der Waals surface area contributed by atoms with Crippen LogP contribution in [0.5, 0.6) is 0 Å². The average Bonchev–Trinajstić information content (AvgIpc) is 2.82. The molecule has 0 saturated carbocycles. The SMILES string of the molecule is CN(CC(=O)N1CCNCC1)Cc1cnc[nH]1. The van der Waals surface area contributed by atoms with Crippen molar-refractivity contribution in [3.63, 3.8) is 0 Å². The van der Waals surface area contributed by atoms with Crippen molar-refractivity contribution in [3.05, 3.63) is 18.2 Å². The maximum atomic E-state index is 12.0. The molecule has 2 heterocycles. The number of H-pyrrole nitrogens is 1. The normalized spacial score (nSPS) is 16.5. The van der Waals surface area contributed by atoms with Gasteiger partial charge in [0.15, 0.2) is 0 Å². The molecule has 0 atom stereocenters. The highest BCUT2D eigenvalue weighted by Gasteiger charge is 2.17. The van der Waals surface area contributed by atoms with E-state index in [1.54, 1.807) is 12.5 Å². The second-order valence-corrected chi connectivity index (χ2v) is 4.38. The molecule has 0 bridgehead atoms. The second kappa shape index (κ2) is 5.79. The summed E-state index contributed by atoms with van der Waals surface area (Å²) in [6, 6.07) is 0. The maximum Gasteiger partial charge on any atom is 0.236 e. The molecule has 2 N–H and O–H groups in total. The van der Waals surface area contributed by atoms with Gasteiger partial charge in [0.05, 0.1) is 12.9 Å². The average molecular weight is 237 g/mol. The third kappa shape index (κ3) is 3.54. The van der Waals surface area contributed by atoms with Gasteiger partial charge < -0.3 is 15.2 Å². The number of carbonyl (C=O) groups is 1. The standard InChI is InChI=1S/C11H19N5O/c1-15(7-10-6-13-9-14-10)8-11(17)16-4-2-12-3-5-16/h6,9,12H,2-5,7-8H2,1H3,(H,13,14). The number of nitrogens with zero attached hydrogens (tertiary/aromatic N) is 3. The monoisotopic (exact) mass is 237 g/mol. The highest BCUT2D eigenvalue weighted by Crippen LogP contribution is 2.00. The molecule has 1 saturated heterocycles. The van der Waals surface area contributed by atoms with Gasteiger partial charge in [0, 0.05) is 44.6 Å². The number of aromatic nitrogens is 2. The Kier molecular flexibility index (Phi) is 4.11. The van der Waals surface area contributed by atoms with Gasteiger partial charge in [-0.15, -0.1) is 0 Å². The summed E-state index contributed by atoms with van der Waals surface area (Å²) in [5.41, 5.74) is 1.03. The lowest BCUT2D eigenvalue weighted by molar-refractivity contribution is -0.132. The van der Waals surface area contributed by atoms with Gasteiger partial charge in [-0.2, -0.15) is 0 Å². The van der Waals surface area contributed by atoms with Gasteiger partial charge in [0.2, 0.25) is 5.91 Å². The van der Waals surface area contributed by atoms with Crippen LogP contribution in [0, 0.1) is 0 Å². The number of rotatable bonds is 4. The number of aromatic amines is 1. The molecule has 1 fully saturated rings. The molecule has 0 aliphatic carbocycles. The van der Waals surface area contributed by atoms with E-state index in [1.807, 2.05) is 16.8 Å². The smallest absolute Gasteiger partial charge is 0.236 e. The van der Waals surface area contributed by atoms with Crippen LogP contribution in [0.1, 0.15) is 5.69 Å². The van der Waals surface area contributed by atoms with Crippen LogP contribution in [-0.2, 0) is 11.3 Å². The van der Waals surface area contributed by atoms with E-state index in [9.17, 15) is 4.79 Å².